The molecule has 3 rings (SSSR count). The third-order valence-electron chi connectivity index (χ3n) is 4.37. The molecule has 0 aliphatic heterocycles. The lowest BCUT2D eigenvalue weighted by molar-refractivity contribution is 0.508. The molecule has 0 aliphatic rings. The molecule has 0 amide bonds. The van der Waals surface area contributed by atoms with Gasteiger partial charge in [0, 0.05) is 0 Å². The molecule has 0 saturated carbocycles. The third kappa shape index (κ3) is 3.02. The van der Waals surface area contributed by atoms with Crippen LogP contribution in [0.5, 0.6) is 5.75 Å². The molecule has 121 valence electrons. The van der Waals surface area contributed by atoms with Gasteiger partial charge in [-0.25, -0.2) is 0 Å². The Labute approximate surface area is 146 Å². The van der Waals surface area contributed by atoms with Crippen molar-refractivity contribution in [2.45, 2.75) is 25.8 Å². The third-order valence-corrected chi connectivity index (χ3v) is 9.31. The number of hydrogen-bond donors (Lipinski definition) is 0. The van der Waals surface area contributed by atoms with Gasteiger partial charge >= 0.3 is 8.32 Å². The normalized spacial score (nSPS) is 12.0. The van der Waals surface area contributed by atoms with Crippen LogP contribution in [0.3, 0.4) is 0 Å². The first-order valence-electron chi connectivity index (χ1n) is 8.30. The highest BCUT2D eigenvalue weighted by Crippen LogP contribution is 2.37. The fourth-order valence-corrected chi connectivity index (χ4v) is 7.68. The summed E-state index contributed by atoms with van der Waals surface area (Å²) >= 11 is 0. The molecule has 1 nitrogen and oxygen atoms in total. The molecule has 3 aromatic carbocycles. The molecule has 2 heteroatoms. The van der Waals surface area contributed by atoms with Crippen LogP contribution < -0.4 is 14.8 Å². The van der Waals surface area contributed by atoms with Crippen molar-refractivity contribution in [2.75, 3.05) is 0 Å². The van der Waals surface area contributed by atoms with Gasteiger partial charge < -0.3 is 4.43 Å². The van der Waals surface area contributed by atoms with Gasteiger partial charge in [-0.15, -0.1) is 0 Å². The minimum absolute atomic E-state index is 0.0223. The van der Waals surface area contributed by atoms with E-state index in [0.717, 1.165) is 5.75 Å². The second kappa shape index (κ2) is 6.66. The van der Waals surface area contributed by atoms with Gasteiger partial charge in [-0.1, -0.05) is 93.6 Å². The summed E-state index contributed by atoms with van der Waals surface area (Å²) in [7, 11) is -2.51. The molecule has 0 atom stereocenters. The van der Waals surface area contributed by atoms with Crippen molar-refractivity contribution in [1.29, 1.82) is 0 Å². The van der Waals surface area contributed by atoms with Crippen LogP contribution in [-0.2, 0) is 0 Å². The molecular formula is C22H23OSi. The van der Waals surface area contributed by atoms with Crippen molar-refractivity contribution in [3.8, 4) is 5.75 Å². The van der Waals surface area contributed by atoms with Crippen molar-refractivity contribution in [2.24, 2.45) is 0 Å². The molecule has 0 aliphatic carbocycles. The smallest absolute Gasteiger partial charge is 0.319 e. The number of benzene rings is 3. The highest BCUT2D eigenvalue weighted by Gasteiger charge is 2.52. The first-order valence-corrected chi connectivity index (χ1v) is 10.2. The van der Waals surface area contributed by atoms with E-state index in [0.29, 0.717) is 0 Å². The van der Waals surface area contributed by atoms with E-state index in [-0.39, 0.29) is 5.04 Å². The van der Waals surface area contributed by atoms with E-state index in [4.69, 9.17) is 4.43 Å². The Morgan fingerprint density at radius 3 is 1.71 bits per heavy atom. The van der Waals surface area contributed by atoms with Crippen LogP contribution in [0.15, 0.2) is 84.9 Å². The van der Waals surface area contributed by atoms with Crippen molar-refractivity contribution >= 4 is 18.7 Å². The van der Waals surface area contributed by atoms with Crippen molar-refractivity contribution < 1.29 is 4.43 Å². The predicted molar refractivity (Wildman–Crippen MR) is 104 cm³/mol. The average Bonchev–Trinajstić information content (AvgIpc) is 2.61. The second-order valence-electron chi connectivity index (χ2n) is 7.00. The summed E-state index contributed by atoms with van der Waals surface area (Å²) in [5.41, 5.74) is 0. The van der Waals surface area contributed by atoms with Gasteiger partial charge in [0.25, 0.3) is 0 Å². The second-order valence-corrected chi connectivity index (χ2v) is 11.2. The van der Waals surface area contributed by atoms with E-state index in [1.807, 2.05) is 24.3 Å². The zero-order valence-electron chi connectivity index (χ0n) is 14.5. The maximum atomic E-state index is 6.85. The molecule has 3 aromatic rings. The summed E-state index contributed by atoms with van der Waals surface area (Å²) in [6.45, 7) is 6.85. The van der Waals surface area contributed by atoms with E-state index in [1.54, 1.807) is 0 Å². The highest BCUT2D eigenvalue weighted by molar-refractivity contribution is 7.00. The summed E-state index contributed by atoms with van der Waals surface area (Å²) < 4.78 is 6.85. The largest absolute Gasteiger partial charge is 0.534 e. The van der Waals surface area contributed by atoms with Crippen LogP contribution in [0.4, 0.5) is 0 Å². The van der Waals surface area contributed by atoms with Crippen molar-refractivity contribution in [3.63, 3.8) is 0 Å². The van der Waals surface area contributed by atoms with Gasteiger partial charge in [0.1, 0.15) is 5.75 Å². The monoisotopic (exact) mass is 331 g/mol. The van der Waals surface area contributed by atoms with Gasteiger partial charge in [-0.2, -0.15) is 0 Å². The lowest BCUT2D eigenvalue weighted by Crippen LogP contribution is -2.68. The van der Waals surface area contributed by atoms with Crippen molar-refractivity contribution in [1.82, 2.24) is 0 Å². The standard InChI is InChI=1S/C22H23OSi/c1-22(2,3)24(20-15-9-5-10-16-20,21-17-11-6-12-18-21)23-19-13-7-4-8-14-19/h4-7,9-18H,1-3H3. The van der Waals surface area contributed by atoms with E-state index in [2.05, 4.69) is 87.5 Å². The Hall–Kier alpha value is -2.32. The first-order chi connectivity index (χ1) is 11.5. The molecule has 0 heterocycles. The van der Waals surface area contributed by atoms with E-state index >= 15 is 0 Å². The Balaban J connectivity index is 2.25. The molecule has 0 fully saturated rings. The summed E-state index contributed by atoms with van der Waals surface area (Å²) in [4.78, 5) is 0. The van der Waals surface area contributed by atoms with E-state index in [1.165, 1.54) is 10.4 Å². The number of hydrogen-bond acceptors (Lipinski definition) is 1. The number of rotatable bonds is 4. The minimum atomic E-state index is -2.51. The fourth-order valence-electron chi connectivity index (χ4n) is 3.27. The Bertz CT molecular complexity index is 722. The summed E-state index contributed by atoms with van der Waals surface area (Å²) in [6, 6.07) is 32.3. The van der Waals surface area contributed by atoms with Gasteiger partial charge in [-0.05, 0) is 33.6 Å². The van der Waals surface area contributed by atoms with E-state index < -0.39 is 8.32 Å². The van der Waals surface area contributed by atoms with Crippen LogP contribution in [0.1, 0.15) is 20.8 Å². The van der Waals surface area contributed by atoms with Gasteiger partial charge in [-0.3, -0.25) is 0 Å². The molecule has 0 saturated heterocycles. The first kappa shape index (κ1) is 16.5. The average molecular weight is 332 g/mol. The van der Waals surface area contributed by atoms with Crippen molar-refractivity contribution in [3.05, 3.63) is 91.0 Å². The quantitative estimate of drug-likeness (QED) is 0.643. The fraction of sp³-hybridized carbons (Fsp3) is 0.182. The maximum Gasteiger partial charge on any atom is 0.319 e. The Morgan fingerprint density at radius 2 is 1.29 bits per heavy atom. The topological polar surface area (TPSA) is 9.23 Å². The van der Waals surface area contributed by atoms with Crippen LogP contribution in [-0.4, -0.2) is 8.32 Å². The predicted octanol–water partition coefficient (Wildman–Crippen LogP) is 4.43. The lowest BCUT2D eigenvalue weighted by atomic mass is 10.2. The molecule has 0 aromatic heterocycles. The molecule has 0 N–H and O–H groups in total. The van der Waals surface area contributed by atoms with Crippen LogP contribution >= 0.6 is 0 Å². The van der Waals surface area contributed by atoms with Gasteiger partial charge in [0.15, 0.2) is 0 Å². The molecular weight excluding hydrogens is 308 g/mol. The lowest BCUT2D eigenvalue weighted by Gasteiger charge is -2.42. The molecule has 0 unspecified atom stereocenters. The van der Waals surface area contributed by atoms with Gasteiger partial charge in [0.05, 0.1) is 0 Å². The van der Waals surface area contributed by atoms with E-state index in [9.17, 15) is 0 Å². The van der Waals surface area contributed by atoms with Crippen LogP contribution in [0, 0.1) is 6.07 Å². The minimum Gasteiger partial charge on any atom is -0.534 e. The highest BCUT2D eigenvalue weighted by atomic mass is 28.4. The zero-order valence-corrected chi connectivity index (χ0v) is 15.5. The Morgan fingerprint density at radius 1 is 0.750 bits per heavy atom. The zero-order chi connectivity index (χ0) is 17.0. The molecule has 1 radical (unpaired) electrons. The SMILES string of the molecule is CC(C)(C)[Si](Oc1c[c]ccc1)(c1ccccc1)c1ccccc1. The summed E-state index contributed by atoms with van der Waals surface area (Å²) in [5, 5.41) is 2.55. The molecule has 0 spiro atoms. The maximum absolute atomic E-state index is 6.85. The van der Waals surface area contributed by atoms with Crippen LogP contribution in [0.25, 0.3) is 0 Å². The summed E-state index contributed by atoms with van der Waals surface area (Å²) in [6.07, 6.45) is 0. The van der Waals surface area contributed by atoms with Crippen LogP contribution in [0.2, 0.25) is 5.04 Å². The summed E-state index contributed by atoms with van der Waals surface area (Å²) in [5.74, 6) is 0.881. The van der Waals surface area contributed by atoms with Gasteiger partial charge in [0.2, 0.25) is 0 Å². The molecule has 0 bridgehead atoms. The Kier molecular flexibility index (Phi) is 4.59. The molecule has 24 heavy (non-hydrogen) atoms.